The lowest BCUT2D eigenvalue weighted by molar-refractivity contribution is 0.436. The first-order chi connectivity index (χ1) is 13.0. The molecule has 0 aliphatic carbocycles. The van der Waals surface area contributed by atoms with Crippen LogP contribution < -0.4 is 10.1 Å². The summed E-state index contributed by atoms with van der Waals surface area (Å²) in [7, 11) is 0. The number of aromatic nitrogens is 2. The molecule has 0 radical (unpaired) electrons. The number of rotatable bonds is 4. The molecule has 0 spiro atoms. The van der Waals surface area contributed by atoms with Crippen molar-refractivity contribution in [1.29, 1.82) is 10.5 Å². The van der Waals surface area contributed by atoms with E-state index in [-0.39, 0.29) is 11.2 Å². The second-order valence-corrected chi connectivity index (χ2v) is 6.21. The number of nitrogens with one attached hydrogen (secondary N) is 1. The van der Waals surface area contributed by atoms with Gasteiger partial charge in [0.25, 0.3) is 0 Å². The molecule has 1 N–H and O–H groups in total. The lowest BCUT2D eigenvalue weighted by atomic mass is 10.1. The topological polar surface area (TPSA) is 94.6 Å². The summed E-state index contributed by atoms with van der Waals surface area (Å²) in [6.45, 7) is 3.70. The Kier molecular flexibility index (Phi) is 5.21. The number of hydrogen-bond donors (Lipinski definition) is 1. The molecule has 1 heterocycles. The Balaban J connectivity index is 1.88. The zero-order valence-corrected chi connectivity index (χ0v) is 15.4. The van der Waals surface area contributed by atoms with E-state index >= 15 is 0 Å². The van der Waals surface area contributed by atoms with Gasteiger partial charge in [0.15, 0.2) is 0 Å². The fraction of sp³-hybridized carbons (Fsp3) is 0.100. The second kappa shape index (κ2) is 7.74. The van der Waals surface area contributed by atoms with Gasteiger partial charge in [-0.05, 0) is 61.4 Å². The first kappa shape index (κ1) is 18.2. The average Bonchev–Trinajstić information content (AvgIpc) is 2.64. The van der Waals surface area contributed by atoms with Crippen LogP contribution in [0.15, 0.2) is 42.5 Å². The van der Waals surface area contributed by atoms with Crippen molar-refractivity contribution in [3.63, 3.8) is 0 Å². The van der Waals surface area contributed by atoms with Crippen molar-refractivity contribution in [2.24, 2.45) is 0 Å². The molecule has 132 valence electrons. The quantitative estimate of drug-likeness (QED) is 0.643. The summed E-state index contributed by atoms with van der Waals surface area (Å²) in [6, 6.07) is 16.3. The summed E-state index contributed by atoms with van der Waals surface area (Å²) in [5.41, 5.74) is 3.48. The van der Waals surface area contributed by atoms with Gasteiger partial charge in [0.2, 0.25) is 0 Å². The van der Waals surface area contributed by atoms with Gasteiger partial charge >= 0.3 is 6.01 Å². The van der Waals surface area contributed by atoms with E-state index in [9.17, 15) is 0 Å². The Morgan fingerprint density at radius 1 is 0.926 bits per heavy atom. The number of benzene rings is 2. The van der Waals surface area contributed by atoms with Crippen molar-refractivity contribution in [3.05, 3.63) is 69.9 Å². The number of hydrogen-bond acceptors (Lipinski definition) is 6. The highest BCUT2D eigenvalue weighted by atomic mass is 35.5. The van der Waals surface area contributed by atoms with Crippen LogP contribution in [0.25, 0.3) is 0 Å². The Labute approximate surface area is 161 Å². The molecule has 2 aromatic carbocycles. The standard InChI is InChI=1S/C20H14ClN5O/c1-12-7-15(11-23)8-13(2)19(12)27-20-25-17(21)9-18(26-20)24-16-5-3-14(10-22)4-6-16/h3-9H,1-2H3,(H,24,25,26). The number of anilines is 2. The summed E-state index contributed by atoms with van der Waals surface area (Å²) in [4.78, 5) is 8.44. The number of halogens is 1. The van der Waals surface area contributed by atoms with E-state index in [2.05, 4.69) is 27.4 Å². The third-order valence-electron chi connectivity index (χ3n) is 3.74. The highest BCUT2D eigenvalue weighted by Gasteiger charge is 2.11. The Morgan fingerprint density at radius 2 is 1.56 bits per heavy atom. The number of aryl methyl sites for hydroxylation is 2. The Hall–Kier alpha value is -3.61. The van der Waals surface area contributed by atoms with Gasteiger partial charge in [-0.25, -0.2) is 0 Å². The number of nitrogens with zero attached hydrogens (tertiary/aromatic N) is 4. The van der Waals surface area contributed by atoms with Crippen LogP contribution in [0.1, 0.15) is 22.3 Å². The maximum Gasteiger partial charge on any atom is 0.325 e. The Bertz CT molecular complexity index is 1060. The monoisotopic (exact) mass is 375 g/mol. The summed E-state index contributed by atoms with van der Waals surface area (Å²) in [5.74, 6) is 1.04. The van der Waals surface area contributed by atoms with Gasteiger partial charge in [-0.2, -0.15) is 20.5 Å². The van der Waals surface area contributed by atoms with Gasteiger partial charge in [0, 0.05) is 11.8 Å². The maximum absolute atomic E-state index is 9.05. The van der Waals surface area contributed by atoms with E-state index in [1.807, 2.05) is 13.8 Å². The van der Waals surface area contributed by atoms with Gasteiger partial charge < -0.3 is 10.1 Å². The van der Waals surface area contributed by atoms with E-state index < -0.39 is 0 Å². The van der Waals surface area contributed by atoms with E-state index in [1.165, 1.54) is 0 Å². The molecule has 1 aromatic heterocycles. The van der Waals surface area contributed by atoms with Crippen LogP contribution in [-0.4, -0.2) is 9.97 Å². The molecule has 0 bridgehead atoms. The molecule has 27 heavy (non-hydrogen) atoms. The third-order valence-corrected chi connectivity index (χ3v) is 3.94. The summed E-state index contributed by atoms with van der Waals surface area (Å²) >= 11 is 6.10. The molecule has 0 fully saturated rings. The van der Waals surface area contributed by atoms with Crippen LogP contribution in [0.5, 0.6) is 11.8 Å². The Morgan fingerprint density at radius 3 is 2.15 bits per heavy atom. The molecule has 0 amide bonds. The van der Waals surface area contributed by atoms with Crippen molar-refractivity contribution in [1.82, 2.24) is 9.97 Å². The SMILES string of the molecule is Cc1cc(C#N)cc(C)c1Oc1nc(Cl)cc(Nc2ccc(C#N)cc2)n1. The molecule has 3 rings (SSSR count). The fourth-order valence-electron chi connectivity index (χ4n) is 2.55. The molecular weight excluding hydrogens is 362 g/mol. The lowest BCUT2D eigenvalue weighted by Crippen LogP contribution is -2.00. The van der Waals surface area contributed by atoms with Crippen molar-refractivity contribution >= 4 is 23.1 Å². The van der Waals surface area contributed by atoms with Gasteiger partial charge in [0.05, 0.1) is 23.3 Å². The van der Waals surface area contributed by atoms with Crippen LogP contribution in [0.3, 0.4) is 0 Å². The molecule has 3 aromatic rings. The summed E-state index contributed by atoms with van der Waals surface area (Å²) in [5, 5.41) is 21.2. The minimum Gasteiger partial charge on any atom is -0.424 e. The van der Waals surface area contributed by atoms with E-state index in [0.717, 1.165) is 16.8 Å². The molecule has 0 unspecified atom stereocenters. The molecule has 0 aliphatic heterocycles. The van der Waals surface area contributed by atoms with Crippen molar-refractivity contribution in [2.75, 3.05) is 5.32 Å². The van der Waals surface area contributed by atoms with Crippen LogP contribution in [0.2, 0.25) is 5.15 Å². The van der Waals surface area contributed by atoms with Crippen LogP contribution >= 0.6 is 11.6 Å². The normalized spacial score (nSPS) is 9.96. The van der Waals surface area contributed by atoms with Crippen LogP contribution in [-0.2, 0) is 0 Å². The predicted molar refractivity (Wildman–Crippen MR) is 102 cm³/mol. The predicted octanol–water partition coefficient (Wildman–Crippen LogP) is 5.03. The highest BCUT2D eigenvalue weighted by molar-refractivity contribution is 6.29. The smallest absolute Gasteiger partial charge is 0.325 e. The third kappa shape index (κ3) is 4.33. The minimum absolute atomic E-state index is 0.0922. The zero-order chi connectivity index (χ0) is 19.4. The molecule has 7 heteroatoms. The molecule has 0 atom stereocenters. The fourth-order valence-corrected chi connectivity index (χ4v) is 2.73. The lowest BCUT2D eigenvalue weighted by Gasteiger charge is -2.12. The first-order valence-corrected chi connectivity index (χ1v) is 8.37. The van der Waals surface area contributed by atoms with Gasteiger partial charge in [-0.1, -0.05) is 11.6 Å². The number of ether oxygens (including phenoxy) is 1. The van der Waals surface area contributed by atoms with Gasteiger partial charge in [-0.15, -0.1) is 0 Å². The van der Waals surface area contributed by atoms with E-state index in [0.29, 0.717) is 22.7 Å². The minimum atomic E-state index is 0.0922. The molecule has 6 nitrogen and oxygen atoms in total. The highest BCUT2D eigenvalue weighted by Crippen LogP contribution is 2.30. The van der Waals surface area contributed by atoms with Gasteiger partial charge in [-0.3, -0.25) is 0 Å². The maximum atomic E-state index is 9.05. The zero-order valence-electron chi connectivity index (χ0n) is 14.6. The van der Waals surface area contributed by atoms with Crippen LogP contribution in [0.4, 0.5) is 11.5 Å². The molecule has 0 saturated heterocycles. The van der Waals surface area contributed by atoms with Gasteiger partial charge in [0.1, 0.15) is 16.7 Å². The largest absolute Gasteiger partial charge is 0.424 e. The second-order valence-electron chi connectivity index (χ2n) is 5.83. The van der Waals surface area contributed by atoms with Crippen molar-refractivity contribution in [3.8, 4) is 23.9 Å². The van der Waals surface area contributed by atoms with E-state index in [1.54, 1.807) is 42.5 Å². The molecule has 0 saturated carbocycles. The van der Waals surface area contributed by atoms with E-state index in [4.69, 9.17) is 26.9 Å². The first-order valence-electron chi connectivity index (χ1n) is 7.99. The molecule has 0 aliphatic rings. The molecular formula is C20H14ClN5O. The number of nitriles is 2. The van der Waals surface area contributed by atoms with Crippen LogP contribution in [0, 0.1) is 36.5 Å². The van der Waals surface area contributed by atoms with Crippen molar-refractivity contribution < 1.29 is 4.74 Å². The summed E-state index contributed by atoms with van der Waals surface area (Å²) < 4.78 is 5.84. The van der Waals surface area contributed by atoms with Crippen molar-refractivity contribution in [2.45, 2.75) is 13.8 Å². The summed E-state index contributed by atoms with van der Waals surface area (Å²) in [6.07, 6.45) is 0. The average molecular weight is 376 g/mol.